The second-order valence-corrected chi connectivity index (χ2v) is 2.90. The van der Waals surface area contributed by atoms with Crippen LogP contribution in [0.4, 0.5) is 0 Å². The molecule has 0 spiro atoms. The van der Waals surface area contributed by atoms with E-state index in [0.717, 1.165) is 0 Å². The fourth-order valence-corrected chi connectivity index (χ4v) is 1.52. The quantitative estimate of drug-likeness (QED) is 0.463. The molecule has 2 N–H and O–H groups in total. The molecule has 0 bridgehead atoms. The van der Waals surface area contributed by atoms with Gasteiger partial charge in [-0.05, 0) is 5.56 Å². The highest BCUT2D eigenvalue weighted by atomic mass is 16.3. The van der Waals surface area contributed by atoms with Crippen LogP contribution in [0.25, 0.3) is 0 Å². The van der Waals surface area contributed by atoms with E-state index in [4.69, 9.17) is 5.11 Å². The number of carbonyl (C=O) groups excluding carboxylic acids is 1. The number of rotatable bonds is 0. The molecule has 1 aliphatic carbocycles. The van der Waals surface area contributed by atoms with Gasteiger partial charge in [0.15, 0.2) is 5.78 Å². The summed E-state index contributed by atoms with van der Waals surface area (Å²) in [6, 6.07) is 6.78. The molecule has 2 rings (SSSR count). The number of ketones is 1. The minimum Gasteiger partial charge on any atom is -0.515 e. The van der Waals surface area contributed by atoms with Gasteiger partial charge >= 0.3 is 0 Å². The van der Waals surface area contributed by atoms with Crippen LogP contribution in [0.3, 0.4) is 0 Å². The standard InChI is InChI=1S/C10H8O3/c11-5-8-9(12)6-3-1-2-4-7(6)10(8)13/h1-5,9,11-12H. The zero-order valence-corrected chi connectivity index (χ0v) is 6.77. The van der Waals surface area contributed by atoms with Gasteiger partial charge in [0.25, 0.3) is 0 Å². The fraction of sp³-hybridized carbons (Fsp3) is 0.100. The zero-order valence-electron chi connectivity index (χ0n) is 6.77. The van der Waals surface area contributed by atoms with Gasteiger partial charge in [0.05, 0.1) is 11.8 Å². The van der Waals surface area contributed by atoms with Gasteiger partial charge in [-0.15, -0.1) is 0 Å². The Bertz CT molecular complexity index is 393. The summed E-state index contributed by atoms with van der Waals surface area (Å²) in [6.07, 6.45) is -0.304. The largest absolute Gasteiger partial charge is 0.515 e. The van der Waals surface area contributed by atoms with Crippen molar-refractivity contribution in [1.82, 2.24) is 0 Å². The summed E-state index contributed by atoms with van der Waals surface area (Å²) < 4.78 is 0. The van der Waals surface area contributed by atoms with Crippen molar-refractivity contribution >= 4 is 5.78 Å². The molecule has 1 unspecified atom stereocenters. The van der Waals surface area contributed by atoms with Crippen molar-refractivity contribution in [2.75, 3.05) is 0 Å². The second-order valence-electron chi connectivity index (χ2n) is 2.90. The van der Waals surface area contributed by atoms with Gasteiger partial charge in [0.2, 0.25) is 0 Å². The van der Waals surface area contributed by atoms with E-state index < -0.39 is 6.10 Å². The maximum atomic E-state index is 11.4. The van der Waals surface area contributed by atoms with E-state index in [1.165, 1.54) is 0 Å². The van der Waals surface area contributed by atoms with Crippen molar-refractivity contribution in [1.29, 1.82) is 0 Å². The van der Waals surface area contributed by atoms with E-state index >= 15 is 0 Å². The van der Waals surface area contributed by atoms with Crippen LogP contribution >= 0.6 is 0 Å². The number of carbonyl (C=O) groups is 1. The summed E-state index contributed by atoms with van der Waals surface area (Å²) in [4.78, 5) is 11.4. The smallest absolute Gasteiger partial charge is 0.195 e. The van der Waals surface area contributed by atoms with Crippen molar-refractivity contribution < 1.29 is 15.0 Å². The molecule has 0 saturated heterocycles. The van der Waals surface area contributed by atoms with Crippen LogP contribution in [0.5, 0.6) is 0 Å². The molecule has 1 atom stereocenters. The van der Waals surface area contributed by atoms with E-state index in [9.17, 15) is 9.90 Å². The Hall–Kier alpha value is -1.61. The Balaban J connectivity index is 2.64. The van der Waals surface area contributed by atoms with Crippen LogP contribution in [-0.2, 0) is 0 Å². The number of hydrogen-bond acceptors (Lipinski definition) is 3. The van der Waals surface area contributed by atoms with Crippen LogP contribution in [0, 0.1) is 0 Å². The summed E-state index contributed by atoms with van der Waals surface area (Å²) >= 11 is 0. The minimum absolute atomic E-state index is 0.0428. The summed E-state index contributed by atoms with van der Waals surface area (Å²) in [7, 11) is 0. The predicted molar refractivity (Wildman–Crippen MR) is 46.4 cm³/mol. The molecule has 0 aromatic heterocycles. The molecule has 0 heterocycles. The SMILES string of the molecule is O=C1C(=CO)C(O)c2ccccc21. The predicted octanol–water partition coefficient (Wildman–Crippen LogP) is 1.36. The van der Waals surface area contributed by atoms with Crippen molar-refractivity contribution in [2.24, 2.45) is 0 Å². The van der Waals surface area contributed by atoms with Crippen molar-refractivity contribution in [2.45, 2.75) is 6.10 Å². The number of benzene rings is 1. The number of aliphatic hydroxyl groups is 2. The topological polar surface area (TPSA) is 57.5 Å². The van der Waals surface area contributed by atoms with Crippen molar-refractivity contribution in [3.8, 4) is 0 Å². The molecule has 0 amide bonds. The molecular weight excluding hydrogens is 168 g/mol. The number of hydrogen-bond donors (Lipinski definition) is 2. The van der Waals surface area contributed by atoms with Crippen LogP contribution in [0.15, 0.2) is 36.1 Å². The highest BCUT2D eigenvalue weighted by Crippen LogP contribution is 2.34. The molecule has 0 aliphatic heterocycles. The maximum absolute atomic E-state index is 11.4. The van der Waals surface area contributed by atoms with E-state index in [-0.39, 0.29) is 11.4 Å². The van der Waals surface area contributed by atoms with Crippen LogP contribution in [0.2, 0.25) is 0 Å². The van der Waals surface area contributed by atoms with E-state index in [2.05, 4.69) is 0 Å². The Morgan fingerprint density at radius 3 is 2.62 bits per heavy atom. The van der Waals surface area contributed by atoms with Crippen molar-refractivity contribution in [3.63, 3.8) is 0 Å². The minimum atomic E-state index is -0.978. The average molecular weight is 176 g/mol. The number of fused-ring (bicyclic) bond motifs is 1. The molecule has 13 heavy (non-hydrogen) atoms. The molecule has 0 fully saturated rings. The molecule has 0 saturated carbocycles. The monoisotopic (exact) mass is 176 g/mol. The molecule has 1 aliphatic rings. The number of aliphatic hydroxyl groups excluding tert-OH is 2. The summed E-state index contributed by atoms with van der Waals surface area (Å²) in [5.74, 6) is -0.300. The first-order chi connectivity index (χ1) is 6.25. The van der Waals surface area contributed by atoms with E-state index in [1.54, 1.807) is 24.3 Å². The lowest BCUT2D eigenvalue weighted by atomic mass is 10.1. The second kappa shape index (κ2) is 2.71. The molecule has 66 valence electrons. The first-order valence-corrected chi connectivity index (χ1v) is 3.91. The van der Waals surface area contributed by atoms with Gasteiger partial charge in [0.1, 0.15) is 6.10 Å². The third-order valence-corrected chi connectivity index (χ3v) is 2.20. The first-order valence-electron chi connectivity index (χ1n) is 3.91. The third kappa shape index (κ3) is 0.975. The molecule has 0 radical (unpaired) electrons. The molecule has 3 nitrogen and oxygen atoms in total. The van der Waals surface area contributed by atoms with Gasteiger partial charge in [-0.3, -0.25) is 4.79 Å². The van der Waals surface area contributed by atoms with Crippen LogP contribution in [0.1, 0.15) is 22.0 Å². The van der Waals surface area contributed by atoms with E-state index in [1.807, 2.05) is 0 Å². The van der Waals surface area contributed by atoms with Gasteiger partial charge in [0, 0.05) is 5.56 Å². The van der Waals surface area contributed by atoms with E-state index in [0.29, 0.717) is 17.4 Å². The molecule has 1 aromatic carbocycles. The fourth-order valence-electron chi connectivity index (χ4n) is 1.52. The highest BCUT2D eigenvalue weighted by Gasteiger charge is 2.32. The maximum Gasteiger partial charge on any atom is 0.195 e. The summed E-state index contributed by atoms with van der Waals surface area (Å²) in [5.41, 5.74) is 1.07. The van der Waals surface area contributed by atoms with Gasteiger partial charge < -0.3 is 10.2 Å². The Labute approximate surface area is 74.9 Å². The normalized spacial score (nSPS) is 23.6. The molecule has 1 aromatic rings. The highest BCUT2D eigenvalue weighted by molar-refractivity contribution is 6.13. The zero-order chi connectivity index (χ0) is 9.42. The lowest BCUT2D eigenvalue weighted by Crippen LogP contribution is -1.98. The molecular formula is C10H8O3. The third-order valence-electron chi connectivity index (χ3n) is 2.20. The Kier molecular flexibility index (Phi) is 1.67. The van der Waals surface area contributed by atoms with Gasteiger partial charge in [-0.2, -0.15) is 0 Å². The average Bonchev–Trinajstić information content (AvgIpc) is 2.41. The van der Waals surface area contributed by atoms with Gasteiger partial charge in [-0.25, -0.2) is 0 Å². The summed E-state index contributed by atoms with van der Waals surface area (Å²) in [6.45, 7) is 0. The molecule has 3 heteroatoms. The number of Topliss-reactive ketones (excluding diaryl/α,β-unsaturated/α-hetero) is 1. The van der Waals surface area contributed by atoms with Gasteiger partial charge in [-0.1, -0.05) is 24.3 Å². The first kappa shape index (κ1) is 8.01. The Morgan fingerprint density at radius 2 is 2.00 bits per heavy atom. The van der Waals surface area contributed by atoms with Crippen molar-refractivity contribution in [3.05, 3.63) is 47.2 Å². The summed E-state index contributed by atoms with van der Waals surface area (Å²) in [5, 5.41) is 18.3. The lowest BCUT2D eigenvalue weighted by molar-refractivity contribution is 0.101. The van der Waals surface area contributed by atoms with Crippen LogP contribution < -0.4 is 0 Å². The lowest BCUT2D eigenvalue weighted by Gasteiger charge is -2.01. The Morgan fingerprint density at radius 1 is 1.31 bits per heavy atom. The van der Waals surface area contributed by atoms with Crippen LogP contribution in [-0.4, -0.2) is 16.0 Å².